The van der Waals surface area contributed by atoms with Gasteiger partial charge in [0.05, 0.1) is 19.8 Å². The van der Waals surface area contributed by atoms with E-state index in [1.165, 1.54) is 0 Å². The lowest BCUT2D eigenvalue weighted by atomic mass is 10.1. The van der Waals surface area contributed by atoms with E-state index in [0.29, 0.717) is 10.1 Å². The topological polar surface area (TPSA) is 29.5 Å². The number of benzene rings is 1. The average Bonchev–Trinajstić information content (AvgIpc) is 2.29. The molecule has 114 valence electrons. The van der Waals surface area contributed by atoms with E-state index in [1.54, 1.807) is 6.92 Å². The van der Waals surface area contributed by atoms with Crippen LogP contribution in [0.5, 0.6) is 0 Å². The molecular formula is C15H27ClO2Si2. The molecule has 0 saturated heterocycles. The van der Waals surface area contributed by atoms with E-state index in [9.17, 15) is 5.11 Å². The van der Waals surface area contributed by atoms with Crippen LogP contribution in [0, 0.1) is 0 Å². The van der Waals surface area contributed by atoms with Crippen molar-refractivity contribution in [2.45, 2.75) is 58.0 Å². The average molecular weight is 331 g/mol. The van der Waals surface area contributed by atoms with Crippen molar-refractivity contribution in [3.8, 4) is 0 Å². The van der Waals surface area contributed by atoms with Gasteiger partial charge in [-0.1, -0.05) is 63.7 Å². The summed E-state index contributed by atoms with van der Waals surface area (Å²) < 4.78 is 6.23. The molecule has 0 spiro atoms. The van der Waals surface area contributed by atoms with E-state index in [0.717, 1.165) is 5.56 Å². The third kappa shape index (κ3) is 4.43. The van der Waals surface area contributed by atoms with Crippen molar-refractivity contribution >= 4 is 28.5 Å². The molecule has 0 aliphatic carbocycles. The van der Waals surface area contributed by atoms with Gasteiger partial charge in [-0.2, -0.15) is 0 Å². The monoisotopic (exact) mass is 330 g/mol. The van der Waals surface area contributed by atoms with Crippen molar-refractivity contribution in [3.63, 3.8) is 0 Å². The number of aliphatic hydroxyl groups is 1. The first kappa shape index (κ1) is 17.9. The van der Waals surface area contributed by atoms with Crippen LogP contribution >= 0.6 is 11.6 Å². The van der Waals surface area contributed by atoms with Crippen LogP contribution in [-0.4, -0.2) is 28.1 Å². The lowest BCUT2D eigenvalue weighted by Crippen LogP contribution is -2.46. The van der Waals surface area contributed by atoms with Gasteiger partial charge in [0.1, 0.15) is 0 Å². The molecule has 2 atom stereocenters. The summed E-state index contributed by atoms with van der Waals surface area (Å²) in [4.78, 5) is 0. The zero-order valence-electron chi connectivity index (χ0n) is 13.4. The van der Waals surface area contributed by atoms with Crippen LogP contribution in [0.4, 0.5) is 0 Å². The van der Waals surface area contributed by atoms with Gasteiger partial charge >= 0.3 is 0 Å². The van der Waals surface area contributed by atoms with E-state index in [4.69, 9.17) is 16.0 Å². The molecular weight excluding hydrogens is 304 g/mol. The SMILES string of the molecule is CC(O)[C@@H](O[SiH2][Si](C)(C)C(C)(C)C)c1ccccc1Cl. The summed E-state index contributed by atoms with van der Waals surface area (Å²) in [6.07, 6.45) is -0.850. The molecule has 0 aliphatic rings. The molecule has 0 radical (unpaired) electrons. The minimum absolute atomic E-state index is 0.301. The molecule has 0 aliphatic heterocycles. The largest absolute Gasteiger partial charge is 0.418 e. The van der Waals surface area contributed by atoms with Crippen LogP contribution in [0.2, 0.25) is 23.2 Å². The highest BCUT2D eigenvalue weighted by atomic mass is 35.5. The molecule has 1 unspecified atom stereocenters. The molecule has 1 N–H and O–H groups in total. The van der Waals surface area contributed by atoms with Gasteiger partial charge < -0.3 is 9.53 Å². The second kappa shape index (κ2) is 6.75. The summed E-state index contributed by atoms with van der Waals surface area (Å²) in [7, 11) is -2.10. The first-order valence-corrected chi connectivity index (χ1v) is 13.4. The fourth-order valence-electron chi connectivity index (χ4n) is 1.71. The Labute approximate surface area is 131 Å². The standard InChI is InChI=1S/C15H27ClO2Si2/c1-11(17)14(12-9-7-8-10-13(12)16)18-19-20(5,6)15(2,3)4/h7-11,14,17H,19H2,1-6H3/t11?,14-/m1/s1. The Bertz CT molecular complexity index is 442. The number of rotatable bonds is 5. The van der Waals surface area contributed by atoms with Crippen molar-refractivity contribution in [2.24, 2.45) is 0 Å². The van der Waals surface area contributed by atoms with Crippen LogP contribution in [0.25, 0.3) is 0 Å². The maximum absolute atomic E-state index is 10.0. The summed E-state index contributed by atoms with van der Waals surface area (Å²) in [5.74, 6) is 0. The van der Waals surface area contributed by atoms with Gasteiger partial charge in [0.25, 0.3) is 0 Å². The fourth-order valence-corrected chi connectivity index (χ4v) is 6.53. The Balaban J connectivity index is 2.88. The summed E-state index contributed by atoms with van der Waals surface area (Å²) in [5, 5.41) is 11.0. The molecule has 0 fully saturated rings. The normalized spacial score (nSPS) is 16.6. The van der Waals surface area contributed by atoms with Gasteiger partial charge in [-0.05, 0) is 18.0 Å². The summed E-state index contributed by atoms with van der Waals surface area (Å²) in [6.45, 7) is 13.4. The molecule has 0 saturated carbocycles. The van der Waals surface area contributed by atoms with E-state index in [2.05, 4.69) is 33.9 Å². The maximum Gasteiger partial charge on any atom is 0.152 e. The molecule has 1 aromatic carbocycles. The predicted molar refractivity (Wildman–Crippen MR) is 92.7 cm³/mol. The lowest BCUT2D eigenvalue weighted by molar-refractivity contribution is 0.0523. The smallest absolute Gasteiger partial charge is 0.152 e. The molecule has 0 aromatic heterocycles. The van der Waals surface area contributed by atoms with Crippen LogP contribution in [0.3, 0.4) is 0 Å². The highest BCUT2D eigenvalue weighted by Crippen LogP contribution is 2.36. The molecule has 0 bridgehead atoms. The van der Waals surface area contributed by atoms with Crippen LogP contribution in [-0.2, 0) is 4.43 Å². The molecule has 1 rings (SSSR count). The van der Waals surface area contributed by atoms with E-state index in [1.807, 2.05) is 24.3 Å². The number of hydrogen-bond donors (Lipinski definition) is 1. The highest BCUT2D eigenvalue weighted by Gasteiger charge is 2.37. The third-order valence-corrected chi connectivity index (χ3v) is 15.8. The Morgan fingerprint density at radius 3 is 2.25 bits per heavy atom. The van der Waals surface area contributed by atoms with Crippen molar-refractivity contribution in [1.82, 2.24) is 0 Å². The first-order chi connectivity index (χ1) is 9.06. The van der Waals surface area contributed by atoms with Crippen molar-refractivity contribution in [1.29, 1.82) is 0 Å². The van der Waals surface area contributed by atoms with Gasteiger partial charge in [0, 0.05) is 10.6 Å². The summed E-state index contributed by atoms with van der Waals surface area (Å²) >= 11 is 6.24. The van der Waals surface area contributed by atoms with Gasteiger partial charge in [0.15, 0.2) is 9.28 Å². The van der Waals surface area contributed by atoms with E-state index in [-0.39, 0.29) is 6.10 Å². The fraction of sp³-hybridized carbons (Fsp3) is 0.600. The molecule has 2 nitrogen and oxygen atoms in total. The van der Waals surface area contributed by atoms with Crippen LogP contribution in [0.1, 0.15) is 39.4 Å². The first-order valence-electron chi connectivity index (χ1n) is 7.10. The maximum atomic E-state index is 10.0. The summed E-state index contributed by atoms with van der Waals surface area (Å²) in [5.41, 5.74) is 0.898. The Hall–Kier alpha value is -0.136. The van der Waals surface area contributed by atoms with Crippen LogP contribution in [0.15, 0.2) is 24.3 Å². The Morgan fingerprint density at radius 2 is 1.80 bits per heavy atom. The summed E-state index contributed by atoms with van der Waals surface area (Å²) in [6, 6.07) is 7.63. The number of aliphatic hydroxyl groups excluding tert-OH is 1. The quantitative estimate of drug-likeness (QED) is 0.830. The second-order valence-corrected chi connectivity index (χ2v) is 19.6. The zero-order chi connectivity index (χ0) is 15.6. The Morgan fingerprint density at radius 1 is 1.25 bits per heavy atom. The third-order valence-electron chi connectivity index (χ3n) is 4.30. The highest BCUT2D eigenvalue weighted by molar-refractivity contribution is 7.22. The number of halogens is 1. The lowest BCUT2D eigenvalue weighted by Gasteiger charge is -2.37. The van der Waals surface area contributed by atoms with Crippen molar-refractivity contribution < 1.29 is 9.53 Å². The van der Waals surface area contributed by atoms with Gasteiger partial charge in [-0.15, -0.1) is 0 Å². The van der Waals surface area contributed by atoms with Crippen LogP contribution < -0.4 is 0 Å². The molecule has 0 heterocycles. The number of hydrogen-bond acceptors (Lipinski definition) is 2. The zero-order valence-corrected chi connectivity index (χ0v) is 16.6. The minimum atomic E-state index is -1.40. The molecule has 0 amide bonds. The van der Waals surface area contributed by atoms with Crippen molar-refractivity contribution in [2.75, 3.05) is 0 Å². The molecule has 5 heteroatoms. The van der Waals surface area contributed by atoms with E-state index < -0.39 is 23.0 Å². The second-order valence-electron chi connectivity index (χ2n) is 7.13. The van der Waals surface area contributed by atoms with E-state index >= 15 is 0 Å². The minimum Gasteiger partial charge on any atom is -0.418 e. The van der Waals surface area contributed by atoms with Crippen molar-refractivity contribution in [3.05, 3.63) is 34.9 Å². The Kier molecular flexibility index (Phi) is 6.05. The van der Waals surface area contributed by atoms with Gasteiger partial charge in [-0.3, -0.25) is 0 Å². The van der Waals surface area contributed by atoms with Gasteiger partial charge in [-0.25, -0.2) is 0 Å². The molecule has 1 aromatic rings. The predicted octanol–water partition coefficient (Wildman–Crippen LogP) is 3.87. The molecule has 20 heavy (non-hydrogen) atoms. The van der Waals surface area contributed by atoms with Gasteiger partial charge in [0.2, 0.25) is 0 Å².